The fourth-order valence-electron chi connectivity index (χ4n) is 2.80. The monoisotopic (exact) mass is 379 g/mol. The van der Waals surface area contributed by atoms with Crippen molar-refractivity contribution in [2.24, 2.45) is 0 Å². The molecule has 1 rings (SSSR count). The molecule has 0 aliphatic rings. The van der Waals surface area contributed by atoms with Crippen molar-refractivity contribution >= 4 is 17.6 Å². The van der Waals surface area contributed by atoms with E-state index in [0.29, 0.717) is 36.6 Å². The zero-order valence-corrected chi connectivity index (χ0v) is 17.2. The quantitative estimate of drug-likeness (QED) is 0.425. The Balaban J connectivity index is 3.02. The van der Waals surface area contributed by atoms with E-state index in [1.165, 1.54) is 0 Å². The first-order chi connectivity index (χ1) is 12.9. The molecule has 0 heterocycles. The summed E-state index contributed by atoms with van der Waals surface area (Å²) >= 11 is 0. The highest BCUT2D eigenvalue weighted by molar-refractivity contribution is 5.99. The van der Waals surface area contributed by atoms with Gasteiger partial charge < -0.3 is 19.5 Å². The number of unbranched alkanes of at least 4 members (excludes halogenated alkanes) is 2. The van der Waals surface area contributed by atoms with E-state index in [9.17, 15) is 9.59 Å². The second-order valence-electron chi connectivity index (χ2n) is 6.44. The third-order valence-electron chi connectivity index (χ3n) is 4.23. The molecule has 0 bridgehead atoms. The zero-order chi connectivity index (χ0) is 20.3. The van der Waals surface area contributed by atoms with Crippen molar-refractivity contribution in [1.82, 2.24) is 0 Å². The molecule has 1 aromatic carbocycles. The maximum Gasteiger partial charge on any atom is 0.341 e. The van der Waals surface area contributed by atoms with Crippen molar-refractivity contribution in [1.29, 1.82) is 0 Å². The molecule has 0 spiro atoms. The summed E-state index contributed by atoms with van der Waals surface area (Å²) in [6.07, 6.45) is 3.68. The van der Waals surface area contributed by atoms with Gasteiger partial charge in [0, 0.05) is 12.3 Å². The van der Waals surface area contributed by atoms with Gasteiger partial charge in [0.1, 0.15) is 16.9 Å². The normalized spacial score (nSPS) is 12.9. The third-order valence-corrected chi connectivity index (χ3v) is 4.23. The van der Waals surface area contributed by atoms with Gasteiger partial charge in [0.15, 0.2) is 0 Å². The number of rotatable bonds is 12. The molecule has 1 unspecified atom stereocenters. The molecule has 152 valence electrons. The summed E-state index contributed by atoms with van der Waals surface area (Å²) in [5.41, 5.74) is -0.111. The Labute approximate surface area is 162 Å². The van der Waals surface area contributed by atoms with Gasteiger partial charge in [-0.25, -0.2) is 4.79 Å². The van der Waals surface area contributed by atoms with Crippen LogP contribution in [0.4, 0.5) is 5.69 Å². The van der Waals surface area contributed by atoms with Crippen LogP contribution in [0.25, 0.3) is 0 Å². The Bertz CT molecular complexity index is 617. The fraction of sp³-hybridized carbons (Fsp3) is 0.619. The van der Waals surface area contributed by atoms with E-state index in [1.54, 1.807) is 25.1 Å². The minimum atomic E-state index is -0.910. The predicted octanol–water partition coefficient (Wildman–Crippen LogP) is 4.58. The maximum absolute atomic E-state index is 12.9. The largest absolute Gasteiger partial charge is 0.493 e. The number of ether oxygens (including phenoxy) is 3. The van der Waals surface area contributed by atoms with E-state index in [1.807, 2.05) is 20.8 Å². The summed E-state index contributed by atoms with van der Waals surface area (Å²) < 4.78 is 16.3. The minimum absolute atomic E-state index is 0.223. The molecule has 0 radical (unpaired) electrons. The molecule has 0 aliphatic heterocycles. The minimum Gasteiger partial charge on any atom is -0.493 e. The summed E-state index contributed by atoms with van der Waals surface area (Å²) in [6, 6.07) is 4.96. The molecule has 6 nitrogen and oxygen atoms in total. The van der Waals surface area contributed by atoms with Crippen LogP contribution in [0.1, 0.15) is 70.7 Å². The van der Waals surface area contributed by atoms with Gasteiger partial charge in [-0.3, -0.25) is 4.79 Å². The van der Waals surface area contributed by atoms with Crippen LogP contribution in [0.2, 0.25) is 0 Å². The van der Waals surface area contributed by atoms with Crippen molar-refractivity contribution in [3.8, 4) is 5.75 Å². The Hall–Kier alpha value is -2.08. The number of amides is 1. The van der Waals surface area contributed by atoms with Crippen LogP contribution in [-0.4, -0.2) is 37.3 Å². The van der Waals surface area contributed by atoms with Gasteiger partial charge in [-0.15, -0.1) is 0 Å². The summed E-state index contributed by atoms with van der Waals surface area (Å²) in [7, 11) is 0. The average molecular weight is 379 g/mol. The first-order valence-corrected chi connectivity index (χ1v) is 9.81. The number of benzene rings is 1. The van der Waals surface area contributed by atoms with Crippen molar-refractivity contribution in [2.45, 2.75) is 65.9 Å². The van der Waals surface area contributed by atoms with E-state index in [4.69, 9.17) is 14.2 Å². The highest BCUT2D eigenvalue weighted by Gasteiger charge is 2.33. The molecule has 6 heteroatoms. The highest BCUT2D eigenvalue weighted by atomic mass is 16.5. The summed E-state index contributed by atoms with van der Waals surface area (Å²) in [5, 5.41) is 2.87. The molecule has 0 aromatic heterocycles. The van der Waals surface area contributed by atoms with Crippen LogP contribution in [0.3, 0.4) is 0 Å². The molecular weight excluding hydrogens is 346 g/mol. The standard InChI is InChI=1S/C21H33NO5/c1-6-10-11-14-21(5,27-9-4)20(24)22-16-12-13-18(25-7-2)17(15-16)19(23)26-8-3/h12-13,15H,6-11,14H2,1-5H3,(H,22,24). The number of hydrogen-bond acceptors (Lipinski definition) is 5. The fourth-order valence-corrected chi connectivity index (χ4v) is 2.80. The lowest BCUT2D eigenvalue weighted by Crippen LogP contribution is -2.42. The topological polar surface area (TPSA) is 73.9 Å². The lowest BCUT2D eigenvalue weighted by Gasteiger charge is -2.28. The molecular formula is C21H33NO5. The lowest BCUT2D eigenvalue weighted by molar-refractivity contribution is -0.139. The van der Waals surface area contributed by atoms with E-state index < -0.39 is 11.6 Å². The predicted molar refractivity (Wildman–Crippen MR) is 106 cm³/mol. The molecule has 1 amide bonds. The summed E-state index contributed by atoms with van der Waals surface area (Å²) in [4.78, 5) is 25.1. The van der Waals surface area contributed by atoms with Crippen LogP contribution in [0.15, 0.2) is 18.2 Å². The van der Waals surface area contributed by atoms with Crippen molar-refractivity contribution in [3.05, 3.63) is 23.8 Å². The molecule has 0 saturated carbocycles. The van der Waals surface area contributed by atoms with Gasteiger partial charge in [0.05, 0.1) is 13.2 Å². The summed E-state index contributed by atoms with van der Waals surface area (Å²) in [6.45, 7) is 10.5. The second-order valence-corrected chi connectivity index (χ2v) is 6.44. The van der Waals surface area contributed by atoms with Gasteiger partial charge in [0.25, 0.3) is 5.91 Å². The van der Waals surface area contributed by atoms with Gasteiger partial charge in [0.2, 0.25) is 0 Å². The van der Waals surface area contributed by atoms with Gasteiger partial charge in [-0.05, 0) is 52.3 Å². The molecule has 1 atom stereocenters. The number of hydrogen-bond donors (Lipinski definition) is 1. The van der Waals surface area contributed by atoms with Crippen molar-refractivity contribution < 1.29 is 23.8 Å². The number of esters is 1. The number of carbonyl (C=O) groups is 2. The van der Waals surface area contributed by atoms with Gasteiger partial charge >= 0.3 is 5.97 Å². The molecule has 0 fully saturated rings. The molecule has 0 aliphatic carbocycles. The average Bonchev–Trinajstić information content (AvgIpc) is 2.63. The molecule has 1 aromatic rings. The third kappa shape index (κ3) is 6.86. The van der Waals surface area contributed by atoms with Crippen LogP contribution < -0.4 is 10.1 Å². The van der Waals surface area contributed by atoms with Crippen LogP contribution in [0.5, 0.6) is 5.75 Å². The van der Waals surface area contributed by atoms with Crippen LogP contribution >= 0.6 is 0 Å². The van der Waals surface area contributed by atoms with E-state index in [-0.39, 0.29) is 12.5 Å². The van der Waals surface area contributed by atoms with Gasteiger partial charge in [-0.2, -0.15) is 0 Å². The molecule has 27 heavy (non-hydrogen) atoms. The van der Waals surface area contributed by atoms with Crippen molar-refractivity contribution in [2.75, 3.05) is 25.1 Å². The Morgan fingerprint density at radius 2 is 1.78 bits per heavy atom. The highest BCUT2D eigenvalue weighted by Crippen LogP contribution is 2.26. The molecule has 0 saturated heterocycles. The number of nitrogens with one attached hydrogen (secondary N) is 1. The van der Waals surface area contributed by atoms with Gasteiger partial charge in [-0.1, -0.05) is 26.2 Å². The van der Waals surface area contributed by atoms with Crippen LogP contribution in [-0.2, 0) is 14.3 Å². The Morgan fingerprint density at radius 1 is 1.04 bits per heavy atom. The Kier molecular flexibility index (Phi) is 9.86. The lowest BCUT2D eigenvalue weighted by atomic mass is 9.96. The van der Waals surface area contributed by atoms with E-state index in [2.05, 4.69) is 12.2 Å². The summed E-state index contributed by atoms with van der Waals surface area (Å²) in [5.74, 6) is -0.267. The number of anilines is 1. The number of carbonyl (C=O) groups excluding carboxylic acids is 2. The first-order valence-electron chi connectivity index (χ1n) is 9.81. The van der Waals surface area contributed by atoms with Crippen LogP contribution in [0, 0.1) is 0 Å². The maximum atomic E-state index is 12.9. The second kappa shape index (κ2) is 11.6. The van der Waals surface area contributed by atoms with Crippen molar-refractivity contribution in [3.63, 3.8) is 0 Å². The molecule has 1 N–H and O–H groups in total. The van der Waals surface area contributed by atoms with E-state index in [0.717, 1.165) is 19.3 Å². The van der Waals surface area contributed by atoms with E-state index >= 15 is 0 Å². The zero-order valence-electron chi connectivity index (χ0n) is 17.2. The smallest absolute Gasteiger partial charge is 0.341 e. The Morgan fingerprint density at radius 3 is 2.37 bits per heavy atom. The first kappa shape index (κ1) is 23.0. The SMILES string of the molecule is CCCCCC(C)(OCC)C(=O)Nc1ccc(OCC)c(C(=O)OCC)c1.